The second kappa shape index (κ2) is 9.72. The normalized spacial score (nSPS) is 14.1. The summed E-state index contributed by atoms with van der Waals surface area (Å²) < 4.78 is 0. The number of amides is 1. The van der Waals surface area contributed by atoms with Gasteiger partial charge in [0.05, 0.1) is 5.69 Å². The summed E-state index contributed by atoms with van der Waals surface area (Å²) >= 11 is 1.69. The van der Waals surface area contributed by atoms with Gasteiger partial charge in [0.15, 0.2) is 0 Å². The minimum absolute atomic E-state index is 0. The largest absolute Gasteiger partial charge is 0.350 e. The van der Waals surface area contributed by atoms with Crippen LogP contribution in [0.25, 0.3) is 0 Å². The highest BCUT2D eigenvalue weighted by Crippen LogP contribution is 2.36. The summed E-state index contributed by atoms with van der Waals surface area (Å²) in [6.07, 6.45) is 2.65. The summed E-state index contributed by atoms with van der Waals surface area (Å²) in [5.74, 6) is 0.728. The van der Waals surface area contributed by atoms with Crippen molar-refractivity contribution in [2.75, 3.05) is 24.2 Å². The number of fused-ring (bicyclic) bond motifs is 1. The Balaban J connectivity index is 0.00000342. The molecule has 0 aliphatic carbocycles. The lowest BCUT2D eigenvalue weighted by atomic mass is 9.93. The van der Waals surface area contributed by atoms with E-state index in [0.29, 0.717) is 17.3 Å². The fourth-order valence-corrected chi connectivity index (χ4v) is 5.00. The van der Waals surface area contributed by atoms with Crippen LogP contribution in [0.5, 0.6) is 0 Å². The first-order valence-electron chi connectivity index (χ1n) is 11.7. The molecule has 182 valence electrons. The highest BCUT2D eigenvalue weighted by atomic mass is 32.1. The van der Waals surface area contributed by atoms with E-state index in [2.05, 4.69) is 77.2 Å². The number of anilines is 4. The zero-order valence-electron chi connectivity index (χ0n) is 20.8. The van der Waals surface area contributed by atoms with Crippen molar-refractivity contribution in [2.45, 2.75) is 59.0 Å². The predicted octanol–water partition coefficient (Wildman–Crippen LogP) is 5.69. The molecule has 8 heteroatoms. The first-order chi connectivity index (χ1) is 16.1. The maximum absolute atomic E-state index is 12.9. The van der Waals surface area contributed by atoms with E-state index in [0.717, 1.165) is 30.9 Å². The monoisotopic (exact) mass is 480 g/mol. The second-order valence-electron chi connectivity index (χ2n) is 10.2. The maximum atomic E-state index is 12.9. The van der Waals surface area contributed by atoms with Gasteiger partial charge in [-0.3, -0.25) is 4.79 Å². The van der Waals surface area contributed by atoms with Gasteiger partial charge >= 0.3 is 0 Å². The Morgan fingerprint density at radius 3 is 2.71 bits per heavy atom. The highest BCUT2D eigenvalue weighted by molar-refractivity contribution is 7.10. The predicted molar refractivity (Wildman–Crippen MR) is 143 cm³/mol. The van der Waals surface area contributed by atoms with Crippen molar-refractivity contribution < 1.29 is 6.22 Å². The van der Waals surface area contributed by atoms with Crippen LogP contribution in [-0.4, -0.2) is 40.4 Å². The first-order valence-corrected chi connectivity index (χ1v) is 12.6. The van der Waals surface area contributed by atoms with Crippen LogP contribution >= 0.6 is 11.3 Å². The van der Waals surface area contributed by atoms with Crippen LogP contribution in [0.1, 0.15) is 62.4 Å². The molecular formula is C26H36N6OS. The molecule has 4 rings (SSSR count). The summed E-state index contributed by atoms with van der Waals surface area (Å²) in [7, 11) is 2.14. The number of aromatic nitrogens is 2. The molecule has 0 spiro atoms. The molecule has 34 heavy (non-hydrogen) atoms. The number of hydrogen-bond donors (Lipinski definition) is 3. The van der Waals surface area contributed by atoms with E-state index in [1.807, 2.05) is 19.9 Å². The lowest BCUT2D eigenvalue weighted by Gasteiger charge is -2.25. The number of rotatable bonds is 6. The molecule has 0 atom stereocenters. The molecule has 0 bridgehead atoms. The lowest BCUT2D eigenvalue weighted by molar-refractivity contribution is 0.0943. The molecule has 3 aromatic rings. The Hall–Kier alpha value is -2.97. The summed E-state index contributed by atoms with van der Waals surface area (Å²) in [4.78, 5) is 25.6. The summed E-state index contributed by atoms with van der Waals surface area (Å²) in [6.45, 7) is 12.4. The molecule has 3 heterocycles. The van der Waals surface area contributed by atoms with Crippen molar-refractivity contribution in [3.05, 3.63) is 57.4 Å². The van der Waals surface area contributed by atoms with E-state index in [1.54, 1.807) is 17.5 Å². The molecule has 1 aromatic carbocycles. The maximum Gasteiger partial charge on any atom is 0.256 e. The SMILES string of the molecule is CC(C)NC(=O)c1cnc(Nc2ccc3c(c2)CN(C)CC3)nc1Nc1ccsc1C(C)(C)C.[HH]. The van der Waals surface area contributed by atoms with Crippen molar-refractivity contribution in [2.24, 2.45) is 0 Å². The number of carbonyl (C=O) groups excluding carboxylic acids is 1. The van der Waals surface area contributed by atoms with Gasteiger partial charge in [0.25, 0.3) is 5.91 Å². The van der Waals surface area contributed by atoms with Gasteiger partial charge in [-0.05, 0) is 67.4 Å². The molecule has 1 amide bonds. The third-order valence-electron chi connectivity index (χ3n) is 5.72. The van der Waals surface area contributed by atoms with E-state index in [1.165, 1.54) is 16.0 Å². The average Bonchev–Trinajstić information content (AvgIpc) is 3.22. The number of benzene rings is 1. The molecule has 0 unspecified atom stereocenters. The highest BCUT2D eigenvalue weighted by Gasteiger charge is 2.22. The standard InChI is InChI=1S/C26H34N6OS.H2/c1-16(2)28-24(33)20-14-27-25(29-19-8-7-17-9-11-32(6)15-18(17)13-19)31-23(20)30-21-10-12-34-22(21)26(3,4)5;/h7-8,10,12-14,16H,9,11,15H2,1-6H3,(H,28,33)(H2,27,29,30,31);1H. The second-order valence-corrected chi connectivity index (χ2v) is 11.1. The number of nitrogens with one attached hydrogen (secondary N) is 3. The van der Waals surface area contributed by atoms with Crippen LogP contribution in [0.3, 0.4) is 0 Å². The summed E-state index contributed by atoms with van der Waals surface area (Å²) in [5, 5.41) is 11.8. The van der Waals surface area contributed by atoms with Crippen molar-refractivity contribution in [3.63, 3.8) is 0 Å². The summed E-state index contributed by atoms with van der Waals surface area (Å²) in [5.41, 5.74) is 4.99. The van der Waals surface area contributed by atoms with Crippen LogP contribution < -0.4 is 16.0 Å². The summed E-state index contributed by atoms with van der Waals surface area (Å²) in [6, 6.07) is 8.45. The molecule has 3 N–H and O–H groups in total. The number of hydrogen-bond acceptors (Lipinski definition) is 7. The van der Waals surface area contributed by atoms with Gasteiger partial charge in [0, 0.05) is 37.3 Å². The topological polar surface area (TPSA) is 82.2 Å². The molecule has 0 saturated carbocycles. The molecule has 2 aromatic heterocycles. The quantitative estimate of drug-likeness (QED) is 0.420. The Morgan fingerprint density at radius 2 is 1.97 bits per heavy atom. The van der Waals surface area contributed by atoms with Gasteiger partial charge in [-0.25, -0.2) is 4.98 Å². The van der Waals surface area contributed by atoms with Gasteiger partial charge in [-0.2, -0.15) is 4.98 Å². The van der Waals surface area contributed by atoms with Crippen LogP contribution in [0.15, 0.2) is 35.8 Å². The zero-order chi connectivity index (χ0) is 24.5. The van der Waals surface area contributed by atoms with E-state index in [4.69, 9.17) is 4.98 Å². The van der Waals surface area contributed by atoms with Gasteiger partial charge in [0.1, 0.15) is 11.4 Å². The smallest absolute Gasteiger partial charge is 0.256 e. The van der Waals surface area contributed by atoms with Gasteiger partial charge in [0.2, 0.25) is 5.95 Å². The fourth-order valence-electron chi connectivity index (χ4n) is 4.06. The first kappa shape index (κ1) is 24.2. The zero-order valence-corrected chi connectivity index (χ0v) is 21.6. The van der Waals surface area contributed by atoms with Crippen molar-refractivity contribution in [3.8, 4) is 0 Å². The number of nitrogens with zero attached hydrogens (tertiary/aromatic N) is 3. The number of thiophene rings is 1. The molecule has 0 saturated heterocycles. The fraction of sp³-hybridized carbons (Fsp3) is 0.423. The van der Waals surface area contributed by atoms with E-state index < -0.39 is 0 Å². The number of likely N-dealkylation sites (N-methyl/N-ethyl adjacent to an activating group) is 1. The van der Waals surface area contributed by atoms with Crippen LogP contribution in [-0.2, 0) is 18.4 Å². The lowest BCUT2D eigenvalue weighted by Crippen LogP contribution is -2.31. The van der Waals surface area contributed by atoms with Gasteiger partial charge in [-0.1, -0.05) is 26.8 Å². The molecule has 0 fully saturated rings. The van der Waals surface area contributed by atoms with E-state index in [9.17, 15) is 4.79 Å². The van der Waals surface area contributed by atoms with Crippen molar-refractivity contribution >= 4 is 40.4 Å². The molecular weight excluding hydrogens is 444 g/mol. The minimum Gasteiger partial charge on any atom is -0.350 e. The molecule has 1 aliphatic rings. The molecule has 0 radical (unpaired) electrons. The number of carbonyl (C=O) groups is 1. The van der Waals surface area contributed by atoms with E-state index >= 15 is 0 Å². The van der Waals surface area contributed by atoms with Crippen LogP contribution in [0.2, 0.25) is 0 Å². The Kier molecular flexibility index (Phi) is 6.91. The van der Waals surface area contributed by atoms with E-state index in [-0.39, 0.29) is 18.8 Å². The Bertz CT molecular complexity index is 1190. The van der Waals surface area contributed by atoms with Crippen LogP contribution in [0.4, 0.5) is 23.1 Å². The van der Waals surface area contributed by atoms with Gasteiger partial charge < -0.3 is 20.9 Å². The molecule has 1 aliphatic heterocycles. The average molecular weight is 481 g/mol. The van der Waals surface area contributed by atoms with Crippen molar-refractivity contribution in [1.82, 2.24) is 20.2 Å². The third-order valence-corrected chi connectivity index (χ3v) is 7.06. The minimum atomic E-state index is -0.201. The van der Waals surface area contributed by atoms with Crippen LogP contribution in [0, 0.1) is 0 Å². The molecule has 7 nitrogen and oxygen atoms in total. The Morgan fingerprint density at radius 1 is 1.18 bits per heavy atom. The Labute approximate surface area is 207 Å². The van der Waals surface area contributed by atoms with Gasteiger partial charge in [-0.15, -0.1) is 11.3 Å². The third kappa shape index (κ3) is 5.56. The van der Waals surface area contributed by atoms with Crippen molar-refractivity contribution in [1.29, 1.82) is 0 Å².